The van der Waals surface area contributed by atoms with Crippen molar-refractivity contribution in [3.05, 3.63) is 35.8 Å². The average Bonchev–Trinajstić information content (AvgIpc) is 2.62. The fraction of sp³-hybridized carbons (Fsp3) is 0.524. The zero-order chi connectivity index (χ0) is 18.9. The number of hydrogen-bond donors (Lipinski definition) is 2. The number of aromatic nitrogens is 1. The molecular weight excluding hydrogens is 345 g/mol. The van der Waals surface area contributed by atoms with Crippen molar-refractivity contribution < 1.29 is 13.9 Å². The van der Waals surface area contributed by atoms with Crippen LogP contribution in [0.5, 0.6) is 0 Å². The van der Waals surface area contributed by atoms with E-state index in [0.29, 0.717) is 23.2 Å². The van der Waals surface area contributed by atoms with Gasteiger partial charge in [0.15, 0.2) is 0 Å². The minimum Gasteiger partial charge on any atom is -0.446 e. The highest BCUT2D eigenvalue weighted by atomic mass is 19.1. The first kappa shape index (κ1) is 18.2. The van der Waals surface area contributed by atoms with E-state index in [1.54, 1.807) is 12.3 Å². The van der Waals surface area contributed by atoms with Gasteiger partial charge in [0.05, 0.1) is 0 Å². The Balaban J connectivity index is 1.38. The molecule has 0 bridgehead atoms. The number of pyridine rings is 1. The fourth-order valence-electron chi connectivity index (χ4n) is 4.38. The van der Waals surface area contributed by atoms with Crippen molar-refractivity contribution in [3.8, 4) is 0 Å². The highest BCUT2D eigenvalue weighted by molar-refractivity contribution is 5.89. The number of nitrogens with zero attached hydrogens (tertiary/aromatic N) is 1. The summed E-state index contributed by atoms with van der Waals surface area (Å²) >= 11 is 0. The normalized spacial score (nSPS) is 19.0. The molecule has 2 fully saturated rings. The summed E-state index contributed by atoms with van der Waals surface area (Å²) in [4.78, 5) is 16.4. The summed E-state index contributed by atoms with van der Waals surface area (Å²) in [5.41, 5.74) is 1.06. The van der Waals surface area contributed by atoms with Gasteiger partial charge >= 0.3 is 6.09 Å². The van der Waals surface area contributed by atoms with E-state index < -0.39 is 6.09 Å². The van der Waals surface area contributed by atoms with Gasteiger partial charge in [0.1, 0.15) is 17.7 Å². The maximum Gasteiger partial charge on any atom is 0.413 e. The maximum atomic E-state index is 14.0. The SMILES string of the molecule is CCCc1cc2cc(NC(=O)OC3CC4(CCNCC4)C3)ncc2cc1F. The minimum absolute atomic E-state index is 0.00573. The van der Waals surface area contributed by atoms with E-state index >= 15 is 0 Å². The molecule has 0 radical (unpaired) electrons. The lowest BCUT2D eigenvalue weighted by molar-refractivity contribution is -0.0539. The molecule has 1 aliphatic carbocycles. The second kappa shape index (κ2) is 7.43. The number of rotatable bonds is 4. The zero-order valence-electron chi connectivity index (χ0n) is 15.7. The average molecular weight is 371 g/mol. The number of amides is 1. The van der Waals surface area contributed by atoms with E-state index in [4.69, 9.17) is 4.74 Å². The van der Waals surface area contributed by atoms with Gasteiger partial charge in [0.25, 0.3) is 0 Å². The lowest BCUT2D eigenvalue weighted by Gasteiger charge is -2.49. The fourth-order valence-corrected chi connectivity index (χ4v) is 4.38. The molecule has 0 atom stereocenters. The standard InChI is InChI=1S/C21H26FN3O2/c1-2-3-14-8-15-10-19(24-13-16(15)9-18(14)22)25-20(26)27-17-11-21(12-17)4-6-23-7-5-21/h8-10,13,17,23H,2-7,11-12H2,1H3,(H,24,25,26). The summed E-state index contributed by atoms with van der Waals surface area (Å²) in [6.07, 6.45) is 6.91. The Hall–Kier alpha value is -2.21. The molecule has 144 valence electrons. The molecule has 0 unspecified atom stereocenters. The van der Waals surface area contributed by atoms with E-state index in [-0.39, 0.29) is 11.9 Å². The Bertz CT molecular complexity index is 841. The Morgan fingerprint density at radius 3 is 2.81 bits per heavy atom. The third-order valence-corrected chi connectivity index (χ3v) is 5.90. The van der Waals surface area contributed by atoms with Gasteiger partial charge in [-0.25, -0.2) is 14.2 Å². The molecule has 1 aliphatic heterocycles. The van der Waals surface area contributed by atoms with Crippen LogP contribution in [0.25, 0.3) is 10.8 Å². The number of hydrogen-bond acceptors (Lipinski definition) is 4. The topological polar surface area (TPSA) is 63.2 Å². The molecule has 4 rings (SSSR count). The van der Waals surface area contributed by atoms with Crippen LogP contribution in [0.2, 0.25) is 0 Å². The van der Waals surface area contributed by atoms with Crippen molar-refractivity contribution in [3.63, 3.8) is 0 Å². The zero-order valence-corrected chi connectivity index (χ0v) is 15.7. The van der Waals surface area contributed by atoms with E-state index in [0.717, 1.165) is 56.0 Å². The second-order valence-corrected chi connectivity index (χ2v) is 7.92. The van der Waals surface area contributed by atoms with Gasteiger partial charge in [-0.05, 0) is 79.8 Å². The molecule has 1 saturated heterocycles. The van der Waals surface area contributed by atoms with Gasteiger partial charge in [-0.2, -0.15) is 0 Å². The van der Waals surface area contributed by atoms with Crippen molar-refractivity contribution >= 4 is 22.7 Å². The summed E-state index contributed by atoms with van der Waals surface area (Å²) in [7, 11) is 0. The molecule has 2 aliphatic rings. The Labute approximate surface area is 158 Å². The maximum absolute atomic E-state index is 14.0. The number of carbonyl (C=O) groups is 1. The van der Waals surface area contributed by atoms with Crippen LogP contribution in [0.15, 0.2) is 24.4 Å². The van der Waals surface area contributed by atoms with E-state index in [1.165, 1.54) is 6.07 Å². The number of benzene rings is 1. The van der Waals surface area contributed by atoms with Gasteiger partial charge < -0.3 is 10.1 Å². The highest BCUT2D eigenvalue weighted by Gasteiger charge is 2.46. The van der Waals surface area contributed by atoms with E-state index in [9.17, 15) is 9.18 Å². The summed E-state index contributed by atoms with van der Waals surface area (Å²) in [5, 5.41) is 7.67. The first-order valence-corrected chi connectivity index (χ1v) is 9.83. The number of aryl methyl sites for hydroxylation is 1. The van der Waals surface area contributed by atoms with Gasteiger partial charge in [-0.15, -0.1) is 0 Å². The van der Waals surface area contributed by atoms with Crippen molar-refractivity contribution in [1.82, 2.24) is 10.3 Å². The number of piperidine rings is 1. The molecule has 6 heteroatoms. The molecule has 1 amide bonds. The van der Waals surface area contributed by atoms with Crippen molar-refractivity contribution in [2.45, 2.75) is 51.6 Å². The van der Waals surface area contributed by atoms with Crippen LogP contribution in [-0.2, 0) is 11.2 Å². The first-order valence-electron chi connectivity index (χ1n) is 9.83. The molecule has 1 aromatic heterocycles. The van der Waals surface area contributed by atoms with Crippen LogP contribution in [0.4, 0.5) is 15.0 Å². The molecule has 2 aromatic rings. The number of fused-ring (bicyclic) bond motifs is 1. The van der Waals surface area contributed by atoms with Crippen LogP contribution in [0.1, 0.15) is 44.6 Å². The van der Waals surface area contributed by atoms with Crippen molar-refractivity contribution in [1.29, 1.82) is 0 Å². The second-order valence-electron chi connectivity index (χ2n) is 7.92. The summed E-state index contributed by atoms with van der Waals surface area (Å²) in [5.74, 6) is 0.223. The summed E-state index contributed by atoms with van der Waals surface area (Å²) in [6.45, 7) is 4.13. The Kier molecular flexibility index (Phi) is 5.00. The van der Waals surface area contributed by atoms with Gasteiger partial charge in [0.2, 0.25) is 0 Å². The lowest BCUT2D eigenvalue weighted by atomic mass is 9.62. The Morgan fingerprint density at radius 2 is 2.07 bits per heavy atom. The van der Waals surface area contributed by atoms with Crippen LogP contribution >= 0.6 is 0 Å². The minimum atomic E-state index is -0.466. The third-order valence-electron chi connectivity index (χ3n) is 5.90. The number of anilines is 1. The number of carbonyl (C=O) groups excluding carboxylic acids is 1. The quantitative estimate of drug-likeness (QED) is 0.836. The van der Waals surface area contributed by atoms with Crippen molar-refractivity contribution in [2.75, 3.05) is 18.4 Å². The molecule has 27 heavy (non-hydrogen) atoms. The van der Waals surface area contributed by atoms with Crippen LogP contribution in [0.3, 0.4) is 0 Å². The molecule has 1 spiro atoms. The monoisotopic (exact) mass is 371 g/mol. The molecule has 1 saturated carbocycles. The highest BCUT2D eigenvalue weighted by Crippen LogP contribution is 2.49. The molecule has 1 aromatic carbocycles. The third kappa shape index (κ3) is 3.90. The van der Waals surface area contributed by atoms with Crippen LogP contribution < -0.4 is 10.6 Å². The van der Waals surface area contributed by atoms with Crippen LogP contribution in [0, 0.1) is 11.2 Å². The van der Waals surface area contributed by atoms with Gasteiger partial charge in [-0.3, -0.25) is 5.32 Å². The van der Waals surface area contributed by atoms with E-state index in [2.05, 4.69) is 15.6 Å². The smallest absolute Gasteiger partial charge is 0.413 e. The predicted molar refractivity (Wildman–Crippen MR) is 103 cm³/mol. The summed E-state index contributed by atoms with van der Waals surface area (Å²) in [6, 6.07) is 5.10. The lowest BCUT2D eigenvalue weighted by Crippen LogP contribution is -2.49. The number of halogens is 1. The van der Waals surface area contributed by atoms with Gasteiger partial charge in [0, 0.05) is 11.6 Å². The Morgan fingerprint density at radius 1 is 1.30 bits per heavy atom. The molecule has 5 nitrogen and oxygen atoms in total. The van der Waals surface area contributed by atoms with Crippen LogP contribution in [-0.4, -0.2) is 30.3 Å². The molecular formula is C21H26FN3O2. The number of ether oxygens (including phenoxy) is 1. The predicted octanol–water partition coefficient (Wildman–Crippen LogP) is 4.41. The van der Waals surface area contributed by atoms with Gasteiger partial charge in [-0.1, -0.05) is 13.3 Å². The number of nitrogens with one attached hydrogen (secondary N) is 2. The van der Waals surface area contributed by atoms with Crippen molar-refractivity contribution in [2.24, 2.45) is 5.41 Å². The molecule has 2 N–H and O–H groups in total. The summed E-state index contributed by atoms with van der Waals surface area (Å²) < 4.78 is 19.6. The van der Waals surface area contributed by atoms with E-state index in [1.807, 2.05) is 13.0 Å². The first-order chi connectivity index (χ1) is 13.1. The largest absolute Gasteiger partial charge is 0.446 e. The molecule has 2 heterocycles.